The van der Waals surface area contributed by atoms with Crippen LogP contribution in [-0.2, 0) is 13.1 Å². The Bertz CT molecular complexity index is 579. The highest BCUT2D eigenvalue weighted by atomic mass is 15.0. The van der Waals surface area contributed by atoms with Crippen LogP contribution in [0.25, 0.3) is 10.9 Å². The van der Waals surface area contributed by atoms with Crippen molar-refractivity contribution in [3.8, 4) is 12.3 Å². The molecule has 0 amide bonds. The van der Waals surface area contributed by atoms with Gasteiger partial charge in [0, 0.05) is 23.8 Å². The highest BCUT2D eigenvalue weighted by Gasteiger charge is 2.09. The average molecular weight is 240 g/mol. The van der Waals surface area contributed by atoms with Gasteiger partial charge in [-0.1, -0.05) is 18.1 Å². The smallest absolute Gasteiger partial charge is 0.0834 e. The van der Waals surface area contributed by atoms with Gasteiger partial charge in [-0.05, 0) is 43.9 Å². The first kappa shape index (κ1) is 12.7. The second kappa shape index (κ2) is 4.88. The number of terminal acetylenes is 1. The molecule has 0 saturated heterocycles. The highest BCUT2D eigenvalue weighted by Crippen LogP contribution is 2.18. The minimum Gasteiger partial charge on any atom is -0.336 e. The topological polar surface area (TPSA) is 17.0 Å². The maximum atomic E-state index is 5.38. The molecule has 18 heavy (non-hydrogen) atoms. The summed E-state index contributed by atoms with van der Waals surface area (Å²) in [5.41, 5.74) is 2.63. The lowest BCUT2D eigenvalue weighted by molar-refractivity contribution is 0.424. The van der Waals surface area contributed by atoms with Crippen molar-refractivity contribution in [3.05, 3.63) is 36.0 Å². The summed E-state index contributed by atoms with van der Waals surface area (Å²) < 4.78 is 2.11. The quantitative estimate of drug-likeness (QED) is 0.815. The van der Waals surface area contributed by atoms with Crippen molar-refractivity contribution in [1.29, 1.82) is 0 Å². The molecule has 0 aliphatic heterocycles. The number of benzene rings is 1. The molecule has 94 valence electrons. The molecule has 0 saturated carbocycles. The van der Waals surface area contributed by atoms with Gasteiger partial charge in [-0.3, -0.25) is 0 Å². The van der Waals surface area contributed by atoms with Crippen molar-refractivity contribution in [2.75, 3.05) is 0 Å². The van der Waals surface area contributed by atoms with Crippen molar-refractivity contribution in [2.45, 2.75) is 39.4 Å². The molecule has 0 bridgehead atoms. The highest BCUT2D eigenvalue weighted by molar-refractivity contribution is 5.80. The van der Waals surface area contributed by atoms with Gasteiger partial charge in [0.15, 0.2) is 0 Å². The summed E-state index contributed by atoms with van der Waals surface area (Å²) in [5.74, 6) is 2.69. The van der Waals surface area contributed by atoms with Crippen LogP contribution in [0.1, 0.15) is 26.3 Å². The van der Waals surface area contributed by atoms with Crippen LogP contribution in [0.4, 0.5) is 0 Å². The Labute approximate surface area is 109 Å². The van der Waals surface area contributed by atoms with Gasteiger partial charge in [-0.15, -0.1) is 6.42 Å². The average Bonchev–Trinajstić information content (AvgIpc) is 2.69. The molecule has 2 nitrogen and oxygen atoms in total. The fourth-order valence-corrected chi connectivity index (χ4v) is 1.94. The Morgan fingerprint density at radius 2 is 2.06 bits per heavy atom. The molecule has 1 N–H and O–H groups in total. The summed E-state index contributed by atoms with van der Waals surface area (Å²) in [5, 5.41) is 4.74. The van der Waals surface area contributed by atoms with Crippen LogP contribution in [0, 0.1) is 12.3 Å². The van der Waals surface area contributed by atoms with Gasteiger partial charge in [0.2, 0.25) is 0 Å². The first-order chi connectivity index (χ1) is 8.49. The van der Waals surface area contributed by atoms with Gasteiger partial charge < -0.3 is 9.88 Å². The van der Waals surface area contributed by atoms with Gasteiger partial charge in [-0.2, -0.15) is 0 Å². The van der Waals surface area contributed by atoms with Crippen LogP contribution in [-0.4, -0.2) is 10.1 Å². The third-order valence-corrected chi connectivity index (χ3v) is 2.92. The monoisotopic (exact) mass is 240 g/mol. The number of nitrogens with zero attached hydrogens (tertiary/aromatic N) is 1. The summed E-state index contributed by atoms with van der Waals surface area (Å²) in [6.45, 7) is 8.02. The van der Waals surface area contributed by atoms with E-state index in [1.165, 1.54) is 16.5 Å². The van der Waals surface area contributed by atoms with E-state index in [0.717, 1.165) is 6.54 Å². The molecular weight excluding hydrogens is 220 g/mol. The standard InChI is InChI=1S/C16H20N2/c1-5-9-18-10-8-14-7-6-13(11-15(14)18)12-17-16(2,3)4/h1,6-8,10-11,17H,9,12H2,2-4H3. The van der Waals surface area contributed by atoms with E-state index < -0.39 is 0 Å². The number of aromatic nitrogens is 1. The molecular formula is C16H20N2. The summed E-state index contributed by atoms with van der Waals surface area (Å²) >= 11 is 0. The zero-order chi connectivity index (χ0) is 13.2. The van der Waals surface area contributed by atoms with E-state index in [4.69, 9.17) is 6.42 Å². The maximum absolute atomic E-state index is 5.38. The second-order valence-corrected chi connectivity index (χ2v) is 5.64. The van der Waals surface area contributed by atoms with Gasteiger partial charge in [0.1, 0.15) is 0 Å². The molecule has 0 unspecified atom stereocenters. The molecule has 2 rings (SSSR count). The number of hydrogen-bond donors (Lipinski definition) is 1. The van der Waals surface area contributed by atoms with Crippen LogP contribution in [0.15, 0.2) is 30.5 Å². The minimum atomic E-state index is 0.135. The predicted octanol–water partition coefficient (Wildman–Crippen LogP) is 3.16. The largest absolute Gasteiger partial charge is 0.336 e. The Morgan fingerprint density at radius 3 is 2.72 bits per heavy atom. The first-order valence-electron chi connectivity index (χ1n) is 6.26. The molecule has 1 aromatic heterocycles. The van der Waals surface area contributed by atoms with Crippen molar-refractivity contribution in [1.82, 2.24) is 9.88 Å². The Hall–Kier alpha value is -1.72. The molecule has 0 spiro atoms. The maximum Gasteiger partial charge on any atom is 0.0834 e. The fraction of sp³-hybridized carbons (Fsp3) is 0.375. The van der Waals surface area contributed by atoms with Crippen LogP contribution < -0.4 is 5.32 Å². The zero-order valence-corrected chi connectivity index (χ0v) is 11.3. The van der Waals surface area contributed by atoms with E-state index in [1.54, 1.807) is 0 Å². The van der Waals surface area contributed by atoms with E-state index in [-0.39, 0.29) is 5.54 Å². The molecule has 1 heterocycles. The van der Waals surface area contributed by atoms with Gasteiger partial charge in [0.05, 0.1) is 6.54 Å². The van der Waals surface area contributed by atoms with Gasteiger partial charge in [0.25, 0.3) is 0 Å². The molecule has 0 aliphatic rings. The molecule has 1 aromatic carbocycles. The zero-order valence-electron chi connectivity index (χ0n) is 11.3. The molecule has 0 aliphatic carbocycles. The fourth-order valence-electron chi connectivity index (χ4n) is 1.94. The van der Waals surface area contributed by atoms with Crippen molar-refractivity contribution < 1.29 is 0 Å². The lowest BCUT2D eigenvalue weighted by Crippen LogP contribution is -2.35. The number of fused-ring (bicyclic) bond motifs is 1. The Morgan fingerprint density at radius 1 is 1.28 bits per heavy atom. The molecule has 0 fully saturated rings. The van der Waals surface area contributed by atoms with E-state index >= 15 is 0 Å². The second-order valence-electron chi connectivity index (χ2n) is 5.64. The van der Waals surface area contributed by atoms with Gasteiger partial charge >= 0.3 is 0 Å². The molecule has 2 heteroatoms. The van der Waals surface area contributed by atoms with Crippen LogP contribution in [0.5, 0.6) is 0 Å². The summed E-state index contributed by atoms with van der Waals surface area (Å²) in [4.78, 5) is 0. The summed E-state index contributed by atoms with van der Waals surface area (Å²) in [7, 11) is 0. The van der Waals surface area contributed by atoms with Crippen LogP contribution >= 0.6 is 0 Å². The summed E-state index contributed by atoms with van der Waals surface area (Å²) in [6, 6.07) is 8.64. The van der Waals surface area contributed by atoms with Gasteiger partial charge in [-0.25, -0.2) is 0 Å². The van der Waals surface area contributed by atoms with Crippen LogP contribution in [0.3, 0.4) is 0 Å². The normalized spacial score (nSPS) is 11.7. The van der Waals surface area contributed by atoms with E-state index in [1.807, 2.05) is 6.20 Å². The van der Waals surface area contributed by atoms with E-state index in [2.05, 4.69) is 60.8 Å². The number of rotatable bonds is 3. The lowest BCUT2D eigenvalue weighted by atomic mass is 10.1. The Balaban J connectivity index is 2.26. The lowest BCUT2D eigenvalue weighted by Gasteiger charge is -2.20. The van der Waals surface area contributed by atoms with Crippen molar-refractivity contribution in [2.24, 2.45) is 0 Å². The minimum absolute atomic E-state index is 0.135. The molecule has 0 atom stereocenters. The Kier molecular flexibility index (Phi) is 3.45. The number of hydrogen-bond acceptors (Lipinski definition) is 1. The SMILES string of the molecule is C#CCn1ccc2ccc(CNC(C)(C)C)cc21. The van der Waals surface area contributed by atoms with E-state index in [0.29, 0.717) is 6.54 Å². The third kappa shape index (κ3) is 2.94. The first-order valence-corrected chi connectivity index (χ1v) is 6.26. The van der Waals surface area contributed by atoms with Crippen molar-refractivity contribution in [3.63, 3.8) is 0 Å². The third-order valence-electron chi connectivity index (χ3n) is 2.92. The predicted molar refractivity (Wildman–Crippen MR) is 77.4 cm³/mol. The van der Waals surface area contributed by atoms with Crippen molar-refractivity contribution >= 4 is 10.9 Å². The van der Waals surface area contributed by atoms with E-state index in [9.17, 15) is 0 Å². The summed E-state index contributed by atoms with van der Waals surface area (Å²) in [6.07, 6.45) is 7.43. The number of nitrogens with one attached hydrogen (secondary N) is 1. The van der Waals surface area contributed by atoms with Crippen LogP contribution in [0.2, 0.25) is 0 Å². The molecule has 2 aromatic rings. The molecule has 0 radical (unpaired) electrons.